The molecule has 3 aliphatic heterocycles. The van der Waals surface area contributed by atoms with Crippen LogP contribution in [-0.2, 0) is 28.6 Å². The molecule has 1 aromatic rings. The first kappa shape index (κ1) is 52.0. The van der Waals surface area contributed by atoms with Gasteiger partial charge in [0.25, 0.3) is 0 Å². The lowest BCUT2D eigenvalue weighted by atomic mass is 9.74. The number of hydrogen-bond donors (Lipinski definition) is 5. The molecule has 2 bridgehead atoms. The molecule has 0 aromatic carbocycles. The Kier molecular flexibility index (Phi) is 18.2. The molecule has 5 N–H and O–H groups in total. The lowest BCUT2D eigenvalue weighted by Crippen LogP contribution is -2.62. The van der Waals surface area contributed by atoms with E-state index in [-0.39, 0.29) is 47.6 Å². The van der Waals surface area contributed by atoms with Crippen LogP contribution < -0.4 is 0 Å². The summed E-state index contributed by atoms with van der Waals surface area (Å²) in [4.78, 5) is 52.4. The third kappa shape index (κ3) is 12.2. The van der Waals surface area contributed by atoms with Crippen molar-refractivity contribution in [3.05, 3.63) is 48.3 Å². The number of aliphatic hydroxyl groups excluding tert-OH is 3. The highest BCUT2D eigenvalue weighted by Gasteiger charge is 2.56. The molecular formula is C48H75N3O12. The normalized spacial score (nSPS) is 42.8. The average molecular weight is 886 g/mol. The summed E-state index contributed by atoms with van der Waals surface area (Å²) in [6.07, 6.45) is 11.0. The molecule has 4 rings (SSSR count). The molecule has 0 radical (unpaired) electrons. The minimum Gasteiger partial charge on any atom is -0.476 e. The molecule has 15 nitrogen and oxygen atoms in total. The van der Waals surface area contributed by atoms with Crippen LogP contribution in [0.5, 0.6) is 0 Å². The van der Waals surface area contributed by atoms with Crippen LogP contribution in [0.4, 0.5) is 0 Å². The van der Waals surface area contributed by atoms with Gasteiger partial charge in [0.05, 0.1) is 42.8 Å². The summed E-state index contributed by atoms with van der Waals surface area (Å²) in [5.41, 5.74) is -2.35. The lowest BCUT2D eigenvalue weighted by molar-refractivity contribution is -0.370. The number of carbonyl (C=O) groups is 4. The molecule has 1 aromatic heterocycles. The molecule has 15 heteroatoms. The predicted octanol–water partition coefficient (Wildman–Crippen LogP) is 6.05. The Morgan fingerprint density at radius 2 is 1.57 bits per heavy atom. The maximum atomic E-state index is 13.7. The SMILES string of the molecule is CC[C@@H]1/C=C/C=C/C[C@H](C)[C@@H](O)[C@](C)(O)C(=O)[C@H](C)[C@@H](O)[C@H](C)C(=O)[C@H](C)[C@@H](O)[C@H](C)/C=C/C(=O)O[C@H]2[C@@H](C)[C@@H](CC1)O[C@@]1(CC[C@@H](C)[C@@H](C[C@H](C)n3cc(C(=O)O)nn3)O1)[C@@H]2C. The molecule has 18 atom stereocenters. The van der Waals surface area contributed by atoms with E-state index in [0.717, 1.165) is 19.3 Å². The highest BCUT2D eigenvalue weighted by molar-refractivity contribution is 5.91. The summed E-state index contributed by atoms with van der Waals surface area (Å²) in [6, 6.07) is -0.233. The van der Waals surface area contributed by atoms with Crippen molar-refractivity contribution in [1.29, 1.82) is 0 Å². The van der Waals surface area contributed by atoms with Gasteiger partial charge in [-0.3, -0.25) is 9.59 Å². The third-order valence-corrected chi connectivity index (χ3v) is 14.6. The number of fused-ring (bicyclic) bond motifs is 2. The second kappa shape index (κ2) is 22.1. The zero-order chi connectivity index (χ0) is 47.1. The fourth-order valence-electron chi connectivity index (χ4n) is 9.71. The van der Waals surface area contributed by atoms with E-state index in [1.165, 1.54) is 50.7 Å². The molecule has 3 aliphatic rings. The van der Waals surface area contributed by atoms with Gasteiger partial charge < -0.3 is 39.7 Å². The zero-order valence-corrected chi connectivity index (χ0v) is 39.2. The molecule has 354 valence electrons. The first-order valence-corrected chi connectivity index (χ1v) is 23.0. The standard InChI is InChI=1S/C48H75N3O12/c1-12-35-17-15-13-14-16-28(4)44(56)47(11,60)45(57)33(9)42(55)32(8)41(54)31(7)40(53)27(3)18-21-39(52)61-43-30(6)37(20-19-35)62-48(34(43)10)23-22-26(2)38(63-48)24-29(5)51-25-36(46(58)59)49-50-51/h13-15,17-18,21,25-35,37-38,40,42-44,53,55-56,60H,12,16,19-20,22-24H2,1-11H3,(H,58,59)/b14-13+,17-15+,21-18+/t26-,27-,28+,29+,30+,31-,32-,33-,34-,35-,37-,38-,40+,42+,43+,44-,47+,48-/m1/s1. The quantitative estimate of drug-likeness (QED) is 0.212. The molecule has 0 aliphatic carbocycles. The number of carbonyl (C=O) groups excluding carboxylic acids is 3. The molecule has 4 heterocycles. The number of esters is 1. The summed E-state index contributed by atoms with van der Waals surface area (Å²) >= 11 is 0. The van der Waals surface area contributed by atoms with Crippen molar-refractivity contribution < 1.29 is 58.9 Å². The third-order valence-electron chi connectivity index (χ3n) is 14.6. The summed E-state index contributed by atoms with van der Waals surface area (Å²) in [7, 11) is 0. The van der Waals surface area contributed by atoms with Crippen molar-refractivity contribution in [2.45, 2.75) is 175 Å². The monoisotopic (exact) mass is 886 g/mol. The first-order chi connectivity index (χ1) is 29.5. The van der Waals surface area contributed by atoms with Crippen LogP contribution in [0.1, 0.15) is 138 Å². The number of rotatable bonds is 5. The largest absolute Gasteiger partial charge is 0.476 e. The maximum absolute atomic E-state index is 13.7. The highest BCUT2D eigenvalue weighted by atomic mass is 16.7. The van der Waals surface area contributed by atoms with Crippen LogP contribution >= 0.6 is 0 Å². The molecule has 0 saturated carbocycles. The van der Waals surface area contributed by atoms with E-state index in [9.17, 15) is 44.7 Å². The smallest absolute Gasteiger partial charge is 0.358 e. The van der Waals surface area contributed by atoms with E-state index >= 15 is 0 Å². The van der Waals surface area contributed by atoms with Gasteiger partial charge in [-0.05, 0) is 70.1 Å². The molecule has 0 amide bonds. The summed E-state index contributed by atoms with van der Waals surface area (Å²) in [6.45, 7) is 19.2. The minimum absolute atomic E-state index is 0.141. The van der Waals surface area contributed by atoms with Crippen molar-refractivity contribution in [3.8, 4) is 0 Å². The number of aliphatic hydroxyl groups is 4. The van der Waals surface area contributed by atoms with Gasteiger partial charge in [0.1, 0.15) is 17.5 Å². The van der Waals surface area contributed by atoms with E-state index < -0.39 is 88.9 Å². The van der Waals surface area contributed by atoms with Gasteiger partial charge in [0, 0.05) is 48.0 Å². The number of carboxylic acids is 1. The number of ether oxygens (including phenoxy) is 3. The Morgan fingerprint density at radius 1 is 0.905 bits per heavy atom. The number of nitrogens with zero attached hydrogens (tertiary/aromatic N) is 3. The lowest BCUT2D eigenvalue weighted by Gasteiger charge is -2.55. The van der Waals surface area contributed by atoms with E-state index in [4.69, 9.17) is 14.2 Å². The first-order valence-electron chi connectivity index (χ1n) is 23.0. The molecule has 1 spiro atoms. The van der Waals surface area contributed by atoms with Gasteiger partial charge in [0.15, 0.2) is 17.3 Å². The maximum Gasteiger partial charge on any atom is 0.358 e. The predicted molar refractivity (Wildman–Crippen MR) is 235 cm³/mol. The van der Waals surface area contributed by atoms with Crippen molar-refractivity contribution in [2.24, 2.45) is 53.3 Å². The van der Waals surface area contributed by atoms with Gasteiger partial charge in [0.2, 0.25) is 0 Å². The number of hydrogen-bond acceptors (Lipinski definition) is 13. The number of aromatic nitrogens is 3. The molecule has 0 unspecified atom stereocenters. The van der Waals surface area contributed by atoms with Crippen molar-refractivity contribution in [1.82, 2.24) is 15.0 Å². The second-order valence-corrected chi connectivity index (χ2v) is 19.4. The summed E-state index contributed by atoms with van der Waals surface area (Å²) in [5.74, 6) is -8.96. The topological polar surface area (TPSA) is 228 Å². The van der Waals surface area contributed by atoms with Gasteiger partial charge in [-0.25, -0.2) is 14.3 Å². The van der Waals surface area contributed by atoms with Gasteiger partial charge in [-0.15, -0.1) is 5.10 Å². The molecule has 2 fully saturated rings. The van der Waals surface area contributed by atoms with Crippen molar-refractivity contribution in [3.63, 3.8) is 0 Å². The number of Topliss-reactive ketones (excluding diaryl/α,β-unsaturated/α-hetero) is 2. The summed E-state index contributed by atoms with van der Waals surface area (Å²) < 4.78 is 21.9. The molecule has 2 saturated heterocycles. The second-order valence-electron chi connectivity index (χ2n) is 19.4. The van der Waals surface area contributed by atoms with Crippen LogP contribution in [0.3, 0.4) is 0 Å². The van der Waals surface area contributed by atoms with Crippen LogP contribution in [0.25, 0.3) is 0 Å². The average Bonchev–Trinajstić information content (AvgIpc) is 3.77. The van der Waals surface area contributed by atoms with E-state index in [0.29, 0.717) is 25.7 Å². The van der Waals surface area contributed by atoms with Crippen molar-refractivity contribution >= 4 is 23.5 Å². The fraction of sp³-hybridized carbons (Fsp3) is 0.750. The number of allylic oxidation sites excluding steroid dienone is 4. The van der Waals surface area contributed by atoms with Crippen LogP contribution in [-0.4, -0.2) is 112 Å². The van der Waals surface area contributed by atoms with E-state index in [1.807, 2.05) is 39.0 Å². The van der Waals surface area contributed by atoms with E-state index in [2.05, 4.69) is 30.2 Å². The van der Waals surface area contributed by atoms with Gasteiger partial charge in [-0.1, -0.05) is 97.9 Å². The van der Waals surface area contributed by atoms with Crippen LogP contribution in [0.2, 0.25) is 0 Å². The van der Waals surface area contributed by atoms with Crippen LogP contribution in [0.15, 0.2) is 42.7 Å². The summed E-state index contributed by atoms with van der Waals surface area (Å²) in [5, 5.41) is 62.2. The zero-order valence-electron chi connectivity index (χ0n) is 39.2. The van der Waals surface area contributed by atoms with Gasteiger partial charge >= 0.3 is 11.9 Å². The Balaban J connectivity index is 1.66. The molecule has 63 heavy (non-hydrogen) atoms. The number of carboxylic acid groups (broad SMARTS) is 1. The Bertz CT molecular complexity index is 1810. The fourth-order valence-corrected chi connectivity index (χ4v) is 9.71. The van der Waals surface area contributed by atoms with Crippen molar-refractivity contribution in [2.75, 3.05) is 0 Å². The number of aromatic carboxylic acids is 1. The highest BCUT2D eigenvalue weighted by Crippen LogP contribution is 2.49. The minimum atomic E-state index is -2.20. The van der Waals surface area contributed by atoms with Crippen LogP contribution in [0, 0.1) is 53.3 Å². The Hall–Kier alpha value is -3.60. The Labute approximate surface area is 373 Å². The molecular weight excluding hydrogens is 811 g/mol. The Morgan fingerprint density at radius 3 is 2.21 bits per heavy atom. The van der Waals surface area contributed by atoms with E-state index in [1.54, 1.807) is 13.8 Å². The number of ketones is 2. The van der Waals surface area contributed by atoms with Gasteiger partial charge in [-0.2, -0.15) is 0 Å².